The molecule has 5 heterocycles. The molecule has 6 bridgehead atoms. The number of carbonyl (C=O) groups is 1. The van der Waals surface area contributed by atoms with Gasteiger partial charge >= 0.3 is 5.97 Å². The van der Waals surface area contributed by atoms with E-state index in [0.717, 1.165) is 72.7 Å². The first-order valence-corrected chi connectivity index (χ1v) is 14.8. The number of fused-ring (bicyclic) bond motifs is 7. The first-order valence-electron chi connectivity index (χ1n) is 14.8. The SMILES string of the molecule is CCc1ccc2c(c1)-c1cccc(c1)-c1cc3nc(C)c(CC(=O)O)c(n3n1)N1CCC(C)(CC1)OC/C=C/CCO2. The van der Waals surface area contributed by atoms with E-state index in [-0.39, 0.29) is 12.0 Å². The van der Waals surface area contributed by atoms with Crippen molar-refractivity contribution >= 4 is 17.4 Å². The third-order valence-corrected chi connectivity index (χ3v) is 8.49. The minimum Gasteiger partial charge on any atom is -0.493 e. The maximum absolute atomic E-state index is 11.9. The van der Waals surface area contributed by atoms with Crippen molar-refractivity contribution in [3.63, 3.8) is 0 Å². The number of aryl methyl sites for hydroxylation is 2. The number of ether oxygens (including phenoxy) is 2. The van der Waals surface area contributed by atoms with E-state index in [0.29, 0.717) is 30.1 Å². The Morgan fingerprint density at radius 3 is 2.67 bits per heavy atom. The summed E-state index contributed by atoms with van der Waals surface area (Å²) in [5.41, 5.74) is 6.97. The fraction of sp³-hybridized carbons (Fsp3) is 0.382. The molecular formula is C34H38N4O4. The molecule has 1 saturated heterocycles. The quantitative estimate of drug-likeness (QED) is 0.292. The van der Waals surface area contributed by atoms with E-state index in [4.69, 9.17) is 19.6 Å². The number of benzene rings is 2. The van der Waals surface area contributed by atoms with E-state index in [9.17, 15) is 9.90 Å². The minimum absolute atomic E-state index is 0.111. The normalized spacial score (nSPS) is 17.5. The third kappa shape index (κ3) is 5.63. The van der Waals surface area contributed by atoms with Gasteiger partial charge in [-0.15, -0.1) is 0 Å². The van der Waals surface area contributed by atoms with Crippen molar-refractivity contribution in [2.45, 2.75) is 58.5 Å². The second-order valence-corrected chi connectivity index (χ2v) is 11.5. The molecule has 2 aromatic heterocycles. The van der Waals surface area contributed by atoms with Crippen LogP contribution in [0.25, 0.3) is 28.0 Å². The lowest BCUT2D eigenvalue weighted by Gasteiger charge is -2.40. The Kier molecular flexibility index (Phi) is 7.73. The minimum atomic E-state index is -0.883. The summed E-state index contributed by atoms with van der Waals surface area (Å²) in [6.45, 7) is 8.82. The molecule has 8 nitrogen and oxygen atoms in total. The summed E-state index contributed by atoms with van der Waals surface area (Å²) in [6, 6.07) is 16.8. The molecule has 3 aliphatic rings. The molecule has 0 amide bonds. The molecule has 4 aromatic rings. The van der Waals surface area contributed by atoms with Gasteiger partial charge in [-0.25, -0.2) is 4.98 Å². The van der Waals surface area contributed by atoms with Gasteiger partial charge in [-0.1, -0.05) is 43.3 Å². The van der Waals surface area contributed by atoms with E-state index in [1.54, 1.807) is 0 Å². The Labute approximate surface area is 246 Å². The van der Waals surface area contributed by atoms with Gasteiger partial charge in [0.25, 0.3) is 0 Å². The highest BCUT2D eigenvalue weighted by molar-refractivity contribution is 5.78. The summed E-state index contributed by atoms with van der Waals surface area (Å²) in [7, 11) is 0. The number of nitrogens with zero attached hydrogens (tertiary/aromatic N) is 4. The Balaban J connectivity index is 1.50. The summed E-state index contributed by atoms with van der Waals surface area (Å²) in [6.07, 6.45) is 7.47. The number of aromatic nitrogens is 3. The Hall–Kier alpha value is -4.17. The Morgan fingerprint density at radius 2 is 1.88 bits per heavy atom. The molecule has 2 aromatic carbocycles. The predicted octanol–water partition coefficient (Wildman–Crippen LogP) is 6.28. The first-order chi connectivity index (χ1) is 20.3. The van der Waals surface area contributed by atoms with E-state index in [1.165, 1.54) is 5.56 Å². The van der Waals surface area contributed by atoms with Crippen LogP contribution >= 0.6 is 0 Å². The highest BCUT2D eigenvalue weighted by Crippen LogP contribution is 2.36. The van der Waals surface area contributed by atoms with Crippen LogP contribution in [0, 0.1) is 6.92 Å². The molecule has 42 heavy (non-hydrogen) atoms. The van der Waals surface area contributed by atoms with Gasteiger partial charge in [0.15, 0.2) is 5.65 Å². The summed E-state index contributed by atoms with van der Waals surface area (Å²) >= 11 is 0. The van der Waals surface area contributed by atoms with Crippen molar-refractivity contribution < 1.29 is 19.4 Å². The summed E-state index contributed by atoms with van der Waals surface area (Å²) < 4.78 is 14.5. The van der Waals surface area contributed by atoms with Crippen molar-refractivity contribution in [3.05, 3.63) is 77.5 Å². The third-order valence-electron chi connectivity index (χ3n) is 8.49. The van der Waals surface area contributed by atoms with E-state index in [2.05, 4.69) is 67.3 Å². The van der Waals surface area contributed by atoms with Gasteiger partial charge in [-0.3, -0.25) is 4.79 Å². The number of aliphatic carboxylic acids is 1. The van der Waals surface area contributed by atoms with Crippen molar-refractivity contribution in [3.8, 4) is 28.1 Å². The number of hydrogen-bond acceptors (Lipinski definition) is 6. The fourth-order valence-electron chi connectivity index (χ4n) is 5.96. The maximum Gasteiger partial charge on any atom is 0.308 e. The maximum atomic E-state index is 11.9. The van der Waals surface area contributed by atoms with Crippen LogP contribution in [0.2, 0.25) is 0 Å². The Morgan fingerprint density at radius 1 is 1.07 bits per heavy atom. The van der Waals surface area contributed by atoms with E-state index >= 15 is 0 Å². The summed E-state index contributed by atoms with van der Waals surface area (Å²) in [4.78, 5) is 19.0. The van der Waals surface area contributed by atoms with Crippen LogP contribution in [-0.4, -0.2) is 57.6 Å². The number of hydrogen-bond donors (Lipinski definition) is 1. The molecule has 0 atom stereocenters. The average Bonchev–Trinajstić information content (AvgIpc) is 3.41. The van der Waals surface area contributed by atoms with Crippen LogP contribution in [-0.2, 0) is 22.4 Å². The molecule has 0 radical (unpaired) electrons. The zero-order chi connectivity index (χ0) is 29.3. The number of carboxylic acid groups (broad SMARTS) is 1. The van der Waals surface area contributed by atoms with Gasteiger partial charge in [0.05, 0.1) is 30.9 Å². The standard InChI is InChI=1S/C34H38N4O4/c1-4-24-11-12-30-28(19-24)25-9-8-10-26(20-25)29-22-31-35-23(2)27(21-32(39)40)33(38(31)36-29)37-15-13-34(3,14-16-37)42-18-7-5-6-17-41-30/h5,7-12,19-20,22H,4,6,13-18,21H2,1-3H3,(H,39,40)/b7-5+. The van der Waals surface area contributed by atoms with Gasteiger partial charge in [0.1, 0.15) is 11.6 Å². The Bertz CT molecular complexity index is 1650. The largest absolute Gasteiger partial charge is 0.493 e. The lowest BCUT2D eigenvalue weighted by atomic mass is 9.93. The van der Waals surface area contributed by atoms with Crippen LogP contribution < -0.4 is 9.64 Å². The van der Waals surface area contributed by atoms with Gasteiger partial charge in [0.2, 0.25) is 0 Å². The molecular weight excluding hydrogens is 528 g/mol. The molecule has 0 saturated carbocycles. The predicted molar refractivity (Wildman–Crippen MR) is 164 cm³/mol. The zero-order valence-corrected chi connectivity index (χ0v) is 24.6. The number of piperidine rings is 1. The summed E-state index contributed by atoms with van der Waals surface area (Å²) in [5, 5.41) is 14.8. The first kappa shape index (κ1) is 28.0. The van der Waals surface area contributed by atoms with Crippen LogP contribution in [0.4, 0.5) is 5.82 Å². The van der Waals surface area contributed by atoms with Crippen molar-refractivity contribution in [1.82, 2.24) is 14.6 Å². The number of rotatable bonds is 3. The van der Waals surface area contributed by atoms with Crippen molar-refractivity contribution in [2.75, 3.05) is 31.2 Å². The van der Waals surface area contributed by atoms with Gasteiger partial charge in [-0.2, -0.15) is 9.61 Å². The second kappa shape index (κ2) is 11.6. The van der Waals surface area contributed by atoms with Gasteiger partial charge < -0.3 is 19.5 Å². The lowest BCUT2D eigenvalue weighted by molar-refractivity contribution is -0.136. The van der Waals surface area contributed by atoms with Crippen molar-refractivity contribution in [2.24, 2.45) is 0 Å². The van der Waals surface area contributed by atoms with Crippen LogP contribution in [0.5, 0.6) is 5.75 Å². The fourth-order valence-corrected chi connectivity index (χ4v) is 5.96. The van der Waals surface area contributed by atoms with Gasteiger partial charge in [-0.05, 0) is 68.9 Å². The molecule has 8 heteroatoms. The highest BCUT2D eigenvalue weighted by Gasteiger charge is 2.33. The topological polar surface area (TPSA) is 89.2 Å². The molecule has 0 aliphatic carbocycles. The highest BCUT2D eigenvalue weighted by atomic mass is 16.5. The molecule has 7 rings (SSSR count). The zero-order valence-electron chi connectivity index (χ0n) is 24.6. The van der Waals surface area contributed by atoms with E-state index in [1.807, 2.05) is 23.6 Å². The van der Waals surface area contributed by atoms with E-state index < -0.39 is 5.97 Å². The second-order valence-electron chi connectivity index (χ2n) is 11.5. The van der Waals surface area contributed by atoms with Crippen LogP contribution in [0.15, 0.2) is 60.7 Å². The van der Waals surface area contributed by atoms with Crippen LogP contribution in [0.1, 0.15) is 49.9 Å². The monoisotopic (exact) mass is 566 g/mol. The van der Waals surface area contributed by atoms with Crippen LogP contribution in [0.3, 0.4) is 0 Å². The summed E-state index contributed by atoms with van der Waals surface area (Å²) in [5.74, 6) is 0.783. The molecule has 0 spiro atoms. The average molecular weight is 567 g/mol. The molecule has 1 fully saturated rings. The molecule has 218 valence electrons. The molecule has 3 aliphatic heterocycles. The molecule has 1 N–H and O–H groups in total. The number of carboxylic acids is 1. The smallest absolute Gasteiger partial charge is 0.308 e. The molecule has 0 unspecified atom stereocenters. The lowest BCUT2D eigenvalue weighted by Crippen LogP contribution is -2.45. The van der Waals surface area contributed by atoms with Crippen molar-refractivity contribution in [1.29, 1.82) is 0 Å². The van der Waals surface area contributed by atoms with Gasteiger partial charge in [0, 0.05) is 41.5 Å². The number of anilines is 1.